The van der Waals surface area contributed by atoms with Gasteiger partial charge in [-0.1, -0.05) is 52.0 Å². The topological polar surface area (TPSA) is 119 Å². The second-order valence-corrected chi connectivity index (χ2v) is 12.3. The Morgan fingerprint density at radius 1 is 1.15 bits per heavy atom. The Hall–Kier alpha value is -3.26. The van der Waals surface area contributed by atoms with E-state index in [1.807, 2.05) is 26.8 Å². The van der Waals surface area contributed by atoms with Crippen molar-refractivity contribution in [1.29, 1.82) is 0 Å². The zero-order chi connectivity index (χ0) is 28.7. The van der Waals surface area contributed by atoms with Gasteiger partial charge in [-0.05, 0) is 36.6 Å². The van der Waals surface area contributed by atoms with E-state index >= 15 is 0 Å². The molecule has 0 saturated heterocycles. The molecule has 4 aliphatic rings. The monoisotopic (exact) mass is 535 g/mol. The van der Waals surface area contributed by atoms with Crippen LogP contribution in [-0.2, 0) is 23.9 Å². The molecule has 0 amide bonds. The van der Waals surface area contributed by atoms with Crippen LogP contribution in [0.15, 0.2) is 47.6 Å². The fourth-order valence-corrected chi connectivity index (χ4v) is 8.53. The van der Waals surface area contributed by atoms with Crippen molar-refractivity contribution < 1.29 is 33.8 Å². The van der Waals surface area contributed by atoms with Gasteiger partial charge in [0.1, 0.15) is 12.4 Å². The van der Waals surface area contributed by atoms with Crippen LogP contribution in [0, 0.1) is 34.5 Å². The predicted octanol–water partition coefficient (Wildman–Crippen LogP) is 3.89. The third-order valence-corrected chi connectivity index (χ3v) is 10.7. The highest BCUT2D eigenvalue weighted by molar-refractivity contribution is 6.00. The Kier molecular flexibility index (Phi) is 6.04. The normalized spacial score (nSPS) is 39.6. The molecule has 8 heteroatoms. The molecule has 0 radical (unpaired) electrons. The maximum Gasteiger partial charge on any atom is 0.340 e. The Morgan fingerprint density at radius 3 is 2.44 bits per heavy atom. The standard InChI is InChI=1S/C31H37NO7/c1-16-12-22-21(25(16)35)13-19(15-33)14-24-29(6)28(4,5)31(29,39-18(3)34)26(17(2)30(22,24)37)38-27(36)20-10-8-9-11-23(20)32-7/h8-12,14-15,17,21-22,24,26,32,37H,13H2,1-7H3/t17-,21+,22-,24+,26-,29-,30+,31-/m1/s1. The highest BCUT2D eigenvalue weighted by atomic mass is 16.6. The summed E-state index contributed by atoms with van der Waals surface area (Å²) < 4.78 is 12.5. The van der Waals surface area contributed by atoms with Crippen LogP contribution in [0.4, 0.5) is 5.69 Å². The molecule has 0 aromatic heterocycles. The third-order valence-electron chi connectivity index (χ3n) is 10.7. The summed E-state index contributed by atoms with van der Waals surface area (Å²) in [5, 5.41) is 15.9. The molecular weight excluding hydrogens is 498 g/mol. The van der Waals surface area contributed by atoms with Crippen LogP contribution in [0.1, 0.15) is 58.3 Å². The number of carbonyl (C=O) groups excluding carboxylic acids is 4. The van der Waals surface area contributed by atoms with E-state index in [4.69, 9.17) is 9.47 Å². The van der Waals surface area contributed by atoms with Crippen LogP contribution in [0.5, 0.6) is 0 Å². The van der Waals surface area contributed by atoms with Gasteiger partial charge in [0.2, 0.25) is 0 Å². The molecule has 1 aromatic carbocycles. The van der Waals surface area contributed by atoms with E-state index in [-0.39, 0.29) is 12.2 Å². The van der Waals surface area contributed by atoms with Crippen LogP contribution >= 0.6 is 0 Å². The number of para-hydroxylation sites is 1. The van der Waals surface area contributed by atoms with Gasteiger partial charge in [0.05, 0.1) is 11.2 Å². The number of Topliss-reactive ketones (excluding diaryl/α,β-unsaturated/α-hetero) is 1. The van der Waals surface area contributed by atoms with Gasteiger partial charge in [0.15, 0.2) is 11.4 Å². The summed E-state index contributed by atoms with van der Waals surface area (Å²) in [7, 11) is 1.71. The number of anilines is 1. The van der Waals surface area contributed by atoms with Gasteiger partial charge in [0.25, 0.3) is 0 Å². The number of rotatable bonds is 5. The summed E-state index contributed by atoms with van der Waals surface area (Å²) in [6.07, 6.45) is 3.52. The molecule has 2 N–H and O–H groups in total. The zero-order valence-electron chi connectivity index (χ0n) is 23.5. The Labute approximate surface area is 228 Å². The van der Waals surface area contributed by atoms with Gasteiger partial charge < -0.3 is 19.9 Å². The van der Waals surface area contributed by atoms with Crippen molar-refractivity contribution in [3.8, 4) is 0 Å². The molecule has 0 unspecified atom stereocenters. The Morgan fingerprint density at radius 2 is 1.82 bits per heavy atom. The number of nitrogens with one attached hydrogen (secondary N) is 1. The van der Waals surface area contributed by atoms with Crippen molar-refractivity contribution in [2.75, 3.05) is 12.4 Å². The highest BCUT2D eigenvalue weighted by Crippen LogP contribution is 2.84. The molecule has 2 saturated carbocycles. The fourth-order valence-electron chi connectivity index (χ4n) is 8.53. The number of aldehydes is 1. The minimum absolute atomic E-state index is 0.0949. The van der Waals surface area contributed by atoms with Gasteiger partial charge in [-0.3, -0.25) is 14.4 Å². The second-order valence-electron chi connectivity index (χ2n) is 12.3. The number of carbonyl (C=O) groups is 4. The molecule has 5 rings (SSSR count). The lowest BCUT2D eigenvalue weighted by molar-refractivity contribution is -0.220. The van der Waals surface area contributed by atoms with Gasteiger partial charge in [-0.15, -0.1) is 0 Å². The average Bonchev–Trinajstić information content (AvgIpc) is 3.16. The van der Waals surface area contributed by atoms with Gasteiger partial charge in [0, 0.05) is 54.2 Å². The van der Waals surface area contributed by atoms with Crippen molar-refractivity contribution in [3.63, 3.8) is 0 Å². The number of allylic oxidation sites excluding steroid dienone is 2. The van der Waals surface area contributed by atoms with Gasteiger partial charge in [-0.2, -0.15) is 0 Å². The number of esters is 2. The number of ether oxygens (including phenoxy) is 2. The number of benzene rings is 1. The minimum atomic E-state index is -1.57. The molecule has 0 spiro atoms. The maximum atomic E-state index is 13.7. The van der Waals surface area contributed by atoms with E-state index in [1.165, 1.54) is 6.92 Å². The molecule has 2 fully saturated rings. The Bertz CT molecular complexity index is 1340. The maximum absolute atomic E-state index is 13.7. The van der Waals surface area contributed by atoms with Crippen molar-refractivity contribution in [2.24, 2.45) is 34.5 Å². The molecule has 0 heterocycles. The van der Waals surface area contributed by atoms with Crippen LogP contribution in [-0.4, -0.2) is 53.5 Å². The number of hydrogen-bond acceptors (Lipinski definition) is 8. The van der Waals surface area contributed by atoms with E-state index in [1.54, 1.807) is 51.2 Å². The highest BCUT2D eigenvalue weighted by Gasteiger charge is 2.93. The quantitative estimate of drug-likeness (QED) is 0.431. The van der Waals surface area contributed by atoms with Gasteiger partial charge >= 0.3 is 11.9 Å². The van der Waals surface area contributed by atoms with Crippen LogP contribution in [0.25, 0.3) is 0 Å². The molecular formula is C31H37NO7. The van der Waals surface area contributed by atoms with Crippen molar-refractivity contribution in [3.05, 3.63) is 53.1 Å². The number of fused-ring (bicyclic) bond motifs is 5. The average molecular weight is 536 g/mol. The van der Waals surface area contributed by atoms with E-state index in [2.05, 4.69) is 5.32 Å². The second kappa shape index (κ2) is 8.62. The first-order valence-corrected chi connectivity index (χ1v) is 13.5. The lowest BCUT2D eigenvalue weighted by atomic mass is 9.56. The first-order valence-electron chi connectivity index (χ1n) is 13.5. The molecule has 39 heavy (non-hydrogen) atoms. The summed E-state index contributed by atoms with van der Waals surface area (Å²) in [6.45, 7) is 10.6. The van der Waals surface area contributed by atoms with E-state index < -0.39 is 63.7 Å². The lowest BCUT2D eigenvalue weighted by Crippen LogP contribution is -2.65. The smallest absolute Gasteiger partial charge is 0.340 e. The minimum Gasteiger partial charge on any atom is -0.454 e. The summed E-state index contributed by atoms with van der Waals surface area (Å²) in [5.74, 6) is -3.85. The molecule has 8 nitrogen and oxygen atoms in total. The van der Waals surface area contributed by atoms with Crippen molar-refractivity contribution >= 4 is 29.7 Å². The SMILES string of the molecule is CNc1ccccc1C(=O)O[C@@H]1[C@@H](C)[C@]2(O)[C@@H]3C=C(C)C(=O)[C@H]3CC(C=O)=C[C@H]2[C@]2(C)C(C)(C)[C@]12OC(C)=O. The molecule has 1 aromatic rings. The summed E-state index contributed by atoms with van der Waals surface area (Å²) in [4.78, 5) is 51.7. The van der Waals surface area contributed by atoms with Gasteiger partial charge in [-0.25, -0.2) is 4.79 Å². The van der Waals surface area contributed by atoms with E-state index in [0.29, 0.717) is 22.4 Å². The van der Waals surface area contributed by atoms with Crippen LogP contribution in [0.3, 0.4) is 0 Å². The molecule has 208 valence electrons. The predicted molar refractivity (Wildman–Crippen MR) is 144 cm³/mol. The van der Waals surface area contributed by atoms with E-state index in [0.717, 1.165) is 6.29 Å². The fraction of sp³-hybridized carbons (Fsp3) is 0.548. The summed E-state index contributed by atoms with van der Waals surface area (Å²) in [6, 6.07) is 6.95. The molecule has 0 bridgehead atoms. The van der Waals surface area contributed by atoms with E-state index in [9.17, 15) is 24.3 Å². The largest absolute Gasteiger partial charge is 0.454 e. The molecule has 8 atom stereocenters. The number of aliphatic hydroxyl groups is 1. The summed E-state index contributed by atoms with van der Waals surface area (Å²) in [5.41, 5.74) is -2.65. The lowest BCUT2D eigenvalue weighted by Gasteiger charge is -2.54. The zero-order valence-corrected chi connectivity index (χ0v) is 23.5. The summed E-state index contributed by atoms with van der Waals surface area (Å²) >= 11 is 0. The van der Waals surface area contributed by atoms with Crippen LogP contribution in [0.2, 0.25) is 0 Å². The third kappa shape index (κ3) is 3.21. The van der Waals surface area contributed by atoms with Crippen molar-refractivity contribution in [1.82, 2.24) is 0 Å². The number of hydrogen-bond donors (Lipinski definition) is 2. The van der Waals surface area contributed by atoms with Crippen LogP contribution < -0.4 is 5.32 Å². The first-order chi connectivity index (χ1) is 18.2. The van der Waals surface area contributed by atoms with Crippen molar-refractivity contribution in [2.45, 2.75) is 65.3 Å². The molecule has 4 aliphatic carbocycles. The Balaban J connectivity index is 1.72. The first kappa shape index (κ1) is 27.3. The number of ketones is 1. The molecule has 0 aliphatic heterocycles.